The van der Waals surface area contributed by atoms with E-state index in [-0.39, 0.29) is 11.8 Å². The standard InChI is InChI=1S/C13H17N3O2/c17-12-5-1-2-8-16(12)9-7-15-13(18)11-4-3-6-14-10-11/h3-4,6,10H,1-2,5,7-9H2,(H,15,18). The Labute approximate surface area is 106 Å². The summed E-state index contributed by atoms with van der Waals surface area (Å²) in [4.78, 5) is 29.0. The van der Waals surface area contributed by atoms with Crippen molar-refractivity contribution in [3.63, 3.8) is 0 Å². The molecule has 0 radical (unpaired) electrons. The van der Waals surface area contributed by atoms with Crippen LogP contribution in [0.4, 0.5) is 0 Å². The van der Waals surface area contributed by atoms with Gasteiger partial charge in [-0.05, 0) is 25.0 Å². The van der Waals surface area contributed by atoms with Crippen LogP contribution >= 0.6 is 0 Å². The number of amides is 2. The number of rotatable bonds is 4. The average molecular weight is 247 g/mol. The summed E-state index contributed by atoms with van der Waals surface area (Å²) >= 11 is 0. The van der Waals surface area contributed by atoms with Gasteiger partial charge in [-0.3, -0.25) is 14.6 Å². The molecule has 0 aliphatic carbocycles. The summed E-state index contributed by atoms with van der Waals surface area (Å²) in [6, 6.07) is 3.44. The smallest absolute Gasteiger partial charge is 0.252 e. The molecule has 0 saturated carbocycles. The van der Waals surface area contributed by atoms with Crippen LogP contribution in [0.1, 0.15) is 29.6 Å². The van der Waals surface area contributed by atoms with Crippen molar-refractivity contribution in [1.29, 1.82) is 0 Å². The van der Waals surface area contributed by atoms with Gasteiger partial charge in [0.2, 0.25) is 5.91 Å². The van der Waals surface area contributed by atoms with Gasteiger partial charge < -0.3 is 10.2 Å². The predicted molar refractivity (Wildman–Crippen MR) is 67.0 cm³/mol. The Hall–Kier alpha value is -1.91. The summed E-state index contributed by atoms with van der Waals surface area (Å²) in [5, 5.41) is 2.79. The minimum absolute atomic E-state index is 0.146. The van der Waals surface area contributed by atoms with E-state index in [0.717, 1.165) is 19.4 Å². The van der Waals surface area contributed by atoms with Gasteiger partial charge >= 0.3 is 0 Å². The molecule has 5 nitrogen and oxygen atoms in total. The molecular formula is C13H17N3O2. The SMILES string of the molecule is O=C(NCCN1CCCCC1=O)c1cccnc1. The maximum absolute atomic E-state index is 11.7. The first-order chi connectivity index (χ1) is 8.77. The van der Waals surface area contributed by atoms with E-state index >= 15 is 0 Å². The normalized spacial score (nSPS) is 15.6. The number of carbonyl (C=O) groups is 2. The van der Waals surface area contributed by atoms with E-state index in [1.807, 2.05) is 4.90 Å². The summed E-state index contributed by atoms with van der Waals surface area (Å²) < 4.78 is 0. The molecule has 0 spiro atoms. The summed E-state index contributed by atoms with van der Waals surface area (Å²) in [6.45, 7) is 1.88. The number of hydrogen-bond donors (Lipinski definition) is 1. The number of carbonyl (C=O) groups excluding carboxylic acids is 2. The van der Waals surface area contributed by atoms with E-state index < -0.39 is 0 Å². The van der Waals surface area contributed by atoms with E-state index in [2.05, 4.69) is 10.3 Å². The van der Waals surface area contributed by atoms with Gasteiger partial charge in [0.1, 0.15) is 0 Å². The van der Waals surface area contributed by atoms with Gasteiger partial charge in [0, 0.05) is 38.4 Å². The second-order valence-corrected chi connectivity index (χ2v) is 4.34. The fourth-order valence-electron chi connectivity index (χ4n) is 2.00. The zero-order valence-electron chi connectivity index (χ0n) is 10.3. The largest absolute Gasteiger partial charge is 0.350 e. The lowest BCUT2D eigenvalue weighted by atomic mass is 10.1. The van der Waals surface area contributed by atoms with Gasteiger partial charge in [0.15, 0.2) is 0 Å². The second-order valence-electron chi connectivity index (χ2n) is 4.34. The molecule has 18 heavy (non-hydrogen) atoms. The maximum Gasteiger partial charge on any atom is 0.252 e. The van der Waals surface area contributed by atoms with E-state index in [4.69, 9.17) is 0 Å². The first kappa shape index (κ1) is 12.5. The highest BCUT2D eigenvalue weighted by atomic mass is 16.2. The fourth-order valence-corrected chi connectivity index (χ4v) is 2.00. The minimum atomic E-state index is -0.146. The highest BCUT2D eigenvalue weighted by Crippen LogP contribution is 2.09. The van der Waals surface area contributed by atoms with Crippen LogP contribution < -0.4 is 5.32 Å². The zero-order valence-corrected chi connectivity index (χ0v) is 10.3. The first-order valence-corrected chi connectivity index (χ1v) is 6.23. The van der Waals surface area contributed by atoms with Crippen molar-refractivity contribution in [3.8, 4) is 0 Å². The van der Waals surface area contributed by atoms with Gasteiger partial charge in [-0.25, -0.2) is 0 Å². The first-order valence-electron chi connectivity index (χ1n) is 6.23. The molecule has 96 valence electrons. The molecule has 0 aromatic carbocycles. The zero-order chi connectivity index (χ0) is 12.8. The molecule has 2 rings (SSSR count). The topological polar surface area (TPSA) is 62.3 Å². The third-order valence-corrected chi connectivity index (χ3v) is 3.01. The number of pyridine rings is 1. The number of aromatic nitrogens is 1. The lowest BCUT2D eigenvalue weighted by Gasteiger charge is -2.26. The van der Waals surface area contributed by atoms with Crippen LogP contribution in [0.2, 0.25) is 0 Å². The Morgan fingerprint density at radius 1 is 1.44 bits per heavy atom. The molecule has 1 saturated heterocycles. The maximum atomic E-state index is 11.7. The molecule has 1 aromatic rings. The Morgan fingerprint density at radius 3 is 3.06 bits per heavy atom. The Bertz CT molecular complexity index is 420. The highest BCUT2D eigenvalue weighted by molar-refractivity contribution is 5.93. The Balaban J connectivity index is 1.75. The third-order valence-electron chi connectivity index (χ3n) is 3.01. The van der Waals surface area contributed by atoms with Gasteiger partial charge in [0.25, 0.3) is 5.91 Å². The van der Waals surface area contributed by atoms with Crippen molar-refractivity contribution in [2.45, 2.75) is 19.3 Å². The van der Waals surface area contributed by atoms with Crippen LogP contribution in [-0.4, -0.2) is 41.3 Å². The van der Waals surface area contributed by atoms with Crippen molar-refractivity contribution >= 4 is 11.8 Å². The molecule has 5 heteroatoms. The van der Waals surface area contributed by atoms with E-state index in [1.54, 1.807) is 18.3 Å². The monoisotopic (exact) mass is 247 g/mol. The lowest BCUT2D eigenvalue weighted by molar-refractivity contribution is -0.133. The van der Waals surface area contributed by atoms with Crippen molar-refractivity contribution in [2.24, 2.45) is 0 Å². The quantitative estimate of drug-likeness (QED) is 0.857. The van der Waals surface area contributed by atoms with Crippen molar-refractivity contribution < 1.29 is 9.59 Å². The Kier molecular flexibility index (Phi) is 4.28. The van der Waals surface area contributed by atoms with Crippen LogP contribution in [0.25, 0.3) is 0 Å². The lowest BCUT2D eigenvalue weighted by Crippen LogP contribution is -2.41. The minimum Gasteiger partial charge on any atom is -0.350 e. The number of piperidine rings is 1. The molecule has 1 N–H and O–H groups in total. The van der Waals surface area contributed by atoms with E-state index in [0.29, 0.717) is 25.1 Å². The summed E-state index contributed by atoms with van der Waals surface area (Å²) in [5.41, 5.74) is 0.544. The van der Waals surface area contributed by atoms with Crippen molar-refractivity contribution in [2.75, 3.05) is 19.6 Å². The molecule has 1 aliphatic heterocycles. The van der Waals surface area contributed by atoms with E-state index in [1.165, 1.54) is 6.20 Å². The highest BCUT2D eigenvalue weighted by Gasteiger charge is 2.17. The second kappa shape index (κ2) is 6.14. The molecule has 1 aliphatic rings. The average Bonchev–Trinajstić information content (AvgIpc) is 2.42. The summed E-state index contributed by atoms with van der Waals surface area (Å²) in [6.07, 6.45) is 5.83. The third kappa shape index (κ3) is 3.29. The van der Waals surface area contributed by atoms with Crippen molar-refractivity contribution in [1.82, 2.24) is 15.2 Å². The number of likely N-dealkylation sites (tertiary alicyclic amines) is 1. The predicted octanol–water partition coefficient (Wildman–Crippen LogP) is 0.824. The molecule has 0 atom stereocenters. The van der Waals surface area contributed by atoms with Crippen LogP contribution in [0.15, 0.2) is 24.5 Å². The van der Waals surface area contributed by atoms with Crippen LogP contribution in [0.3, 0.4) is 0 Å². The molecule has 0 bridgehead atoms. The molecule has 1 aromatic heterocycles. The van der Waals surface area contributed by atoms with Crippen LogP contribution in [-0.2, 0) is 4.79 Å². The van der Waals surface area contributed by atoms with Gasteiger partial charge in [-0.15, -0.1) is 0 Å². The number of nitrogens with one attached hydrogen (secondary N) is 1. The number of hydrogen-bond acceptors (Lipinski definition) is 3. The van der Waals surface area contributed by atoms with Gasteiger partial charge in [-0.1, -0.05) is 0 Å². The summed E-state index contributed by atoms with van der Waals surface area (Å²) in [5.74, 6) is 0.0458. The molecule has 0 unspecified atom stereocenters. The Morgan fingerprint density at radius 2 is 2.33 bits per heavy atom. The molecule has 1 fully saturated rings. The number of nitrogens with zero attached hydrogens (tertiary/aromatic N) is 2. The molecular weight excluding hydrogens is 230 g/mol. The van der Waals surface area contributed by atoms with Gasteiger partial charge in [-0.2, -0.15) is 0 Å². The summed E-state index contributed by atoms with van der Waals surface area (Å²) in [7, 11) is 0. The van der Waals surface area contributed by atoms with Crippen molar-refractivity contribution in [3.05, 3.63) is 30.1 Å². The molecule has 2 amide bonds. The van der Waals surface area contributed by atoms with E-state index in [9.17, 15) is 9.59 Å². The van der Waals surface area contributed by atoms with Crippen LogP contribution in [0, 0.1) is 0 Å². The van der Waals surface area contributed by atoms with Crippen LogP contribution in [0.5, 0.6) is 0 Å². The fraction of sp³-hybridized carbons (Fsp3) is 0.462. The van der Waals surface area contributed by atoms with Gasteiger partial charge in [0.05, 0.1) is 5.56 Å². The molecule has 2 heterocycles.